The van der Waals surface area contributed by atoms with Gasteiger partial charge in [-0.15, -0.1) is 0 Å². The molecule has 0 radical (unpaired) electrons. The Bertz CT molecular complexity index is 473. The second-order valence-electron chi connectivity index (χ2n) is 4.41. The SMILES string of the molecule is CC(=O)Nc1cccc2c1[N+](C)([O-])C(C)[NH+]2[O-]. The van der Waals surface area contributed by atoms with E-state index in [1.165, 1.54) is 14.0 Å². The van der Waals surface area contributed by atoms with E-state index in [0.717, 1.165) is 0 Å². The van der Waals surface area contributed by atoms with Gasteiger partial charge in [0.2, 0.25) is 17.8 Å². The number of nitrogens with one attached hydrogen (secondary N) is 2. The Labute approximate surface area is 99.2 Å². The topological polar surface area (TPSA) is 79.7 Å². The number of fused-ring (bicyclic) bond motifs is 1. The highest BCUT2D eigenvalue weighted by Crippen LogP contribution is 2.40. The van der Waals surface area contributed by atoms with Crippen molar-refractivity contribution in [1.82, 2.24) is 4.65 Å². The minimum Gasteiger partial charge on any atom is -0.624 e. The standard InChI is InChI=1S/C11H15N3O3/c1-7(15)12-9-5-4-6-10-11(9)14(3,17)8(2)13(10)16/h4-6,8,13H,1-3H3,(H,12,15). The number of rotatable bonds is 1. The van der Waals surface area contributed by atoms with E-state index in [-0.39, 0.29) is 11.0 Å². The van der Waals surface area contributed by atoms with E-state index in [9.17, 15) is 15.2 Å². The van der Waals surface area contributed by atoms with Gasteiger partial charge in [-0.3, -0.25) is 14.5 Å². The molecule has 6 nitrogen and oxygen atoms in total. The third kappa shape index (κ3) is 1.71. The third-order valence-electron chi connectivity index (χ3n) is 3.17. The molecule has 0 aliphatic carbocycles. The number of quaternary nitrogens is 2. The van der Waals surface area contributed by atoms with Gasteiger partial charge < -0.3 is 15.7 Å². The summed E-state index contributed by atoms with van der Waals surface area (Å²) in [5, 5.41) is 26.8. The summed E-state index contributed by atoms with van der Waals surface area (Å²) in [6.07, 6.45) is -0.667. The van der Waals surface area contributed by atoms with Gasteiger partial charge in [0.1, 0.15) is 5.69 Å². The smallest absolute Gasteiger partial charge is 0.223 e. The molecule has 3 atom stereocenters. The molecule has 2 rings (SSSR count). The quantitative estimate of drug-likeness (QED) is 0.550. The maximum Gasteiger partial charge on any atom is 0.223 e. The van der Waals surface area contributed by atoms with E-state index in [1.54, 1.807) is 25.1 Å². The fourth-order valence-electron chi connectivity index (χ4n) is 2.15. The average molecular weight is 237 g/mol. The molecule has 1 amide bonds. The van der Waals surface area contributed by atoms with Crippen molar-refractivity contribution in [1.29, 1.82) is 0 Å². The molecule has 2 N–H and O–H groups in total. The van der Waals surface area contributed by atoms with Crippen molar-refractivity contribution in [3.05, 3.63) is 28.6 Å². The molecule has 3 unspecified atom stereocenters. The van der Waals surface area contributed by atoms with E-state index in [1.807, 2.05) is 0 Å². The van der Waals surface area contributed by atoms with Crippen LogP contribution in [0.15, 0.2) is 18.2 Å². The molecule has 0 fully saturated rings. The molecular weight excluding hydrogens is 222 g/mol. The highest BCUT2D eigenvalue weighted by Gasteiger charge is 2.43. The molecule has 0 bridgehead atoms. The van der Waals surface area contributed by atoms with Crippen LogP contribution in [0.4, 0.5) is 17.1 Å². The summed E-state index contributed by atoms with van der Waals surface area (Å²) in [4.78, 5) is 11.1. The Hall–Kier alpha value is -1.47. The zero-order valence-corrected chi connectivity index (χ0v) is 9.98. The van der Waals surface area contributed by atoms with Crippen LogP contribution in [0.1, 0.15) is 13.8 Å². The Morgan fingerprint density at radius 2 is 2.18 bits per heavy atom. The van der Waals surface area contributed by atoms with E-state index in [2.05, 4.69) is 5.32 Å². The lowest BCUT2D eigenvalue weighted by Crippen LogP contribution is -3.07. The van der Waals surface area contributed by atoms with E-state index >= 15 is 0 Å². The van der Waals surface area contributed by atoms with Crippen LogP contribution in [0.25, 0.3) is 0 Å². The largest absolute Gasteiger partial charge is 0.624 e. The normalized spacial score (nSPS) is 31.1. The molecule has 1 heterocycles. The fraction of sp³-hybridized carbons (Fsp3) is 0.364. The zero-order valence-electron chi connectivity index (χ0n) is 9.98. The lowest BCUT2D eigenvalue weighted by molar-refractivity contribution is -0.806. The molecule has 1 aromatic carbocycles. The minimum absolute atomic E-state index is 0.176. The summed E-state index contributed by atoms with van der Waals surface area (Å²) in [6, 6.07) is 4.93. The Kier molecular flexibility index (Phi) is 2.67. The highest BCUT2D eigenvalue weighted by molar-refractivity contribution is 5.94. The first-order valence-corrected chi connectivity index (χ1v) is 5.38. The van der Waals surface area contributed by atoms with Crippen molar-refractivity contribution in [2.75, 3.05) is 12.4 Å². The predicted molar refractivity (Wildman–Crippen MR) is 65.3 cm³/mol. The number of anilines is 1. The average Bonchev–Trinajstić information content (AvgIpc) is 2.41. The number of benzene rings is 1. The minimum atomic E-state index is -0.773. The first-order valence-electron chi connectivity index (χ1n) is 5.38. The van der Waals surface area contributed by atoms with E-state index in [4.69, 9.17) is 0 Å². The van der Waals surface area contributed by atoms with Crippen molar-refractivity contribution in [2.45, 2.75) is 20.0 Å². The van der Waals surface area contributed by atoms with Crippen LogP contribution < -0.4 is 15.0 Å². The second-order valence-corrected chi connectivity index (χ2v) is 4.41. The molecule has 6 heteroatoms. The van der Waals surface area contributed by atoms with Gasteiger partial charge in [-0.2, -0.15) is 0 Å². The van der Waals surface area contributed by atoms with Gasteiger partial charge in [-0.1, -0.05) is 6.07 Å². The van der Waals surface area contributed by atoms with Gasteiger partial charge in [0.25, 0.3) is 0 Å². The van der Waals surface area contributed by atoms with Crippen LogP contribution in [0.5, 0.6) is 0 Å². The number of nitrogens with zero attached hydrogens (tertiary/aromatic N) is 1. The van der Waals surface area contributed by atoms with Gasteiger partial charge in [-0.05, 0) is 6.07 Å². The van der Waals surface area contributed by atoms with Crippen LogP contribution in [0, 0.1) is 10.4 Å². The molecule has 0 spiro atoms. The van der Waals surface area contributed by atoms with Gasteiger partial charge in [0, 0.05) is 19.9 Å². The maximum absolute atomic E-state index is 12.4. The second kappa shape index (κ2) is 3.78. The number of hydrogen-bond donors (Lipinski definition) is 2. The number of hydrogen-bond acceptors (Lipinski definition) is 3. The molecule has 1 aromatic rings. The maximum atomic E-state index is 12.4. The Morgan fingerprint density at radius 1 is 1.53 bits per heavy atom. The Balaban J connectivity index is 2.59. The van der Waals surface area contributed by atoms with Gasteiger partial charge in [0.05, 0.1) is 7.05 Å². The number of amides is 1. The summed E-state index contributed by atoms with van der Waals surface area (Å²) in [6.45, 7) is 2.97. The van der Waals surface area contributed by atoms with E-state index in [0.29, 0.717) is 17.1 Å². The van der Waals surface area contributed by atoms with Crippen molar-refractivity contribution in [3.8, 4) is 0 Å². The molecule has 0 aromatic heterocycles. The summed E-state index contributed by atoms with van der Waals surface area (Å²) in [5.41, 5.74) is 1.17. The van der Waals surface area contributed by atoms with Crippen LogP contribution in [0.2, 0.25) is 0 Å². The van der Waals surface area contributed by atoms with Crippen LogP contribution in [0.3, 0.4) is 0 Å². The summed E-state index contributed by atoms with van der Waals surface area (Å²) in [7, 11) is 1.43. The zero-order chi connectivity index (χ0) is 12.8. The molecule has 1 aliphatic rings. The van der Waals surface area contributed by atoms with Gasteiger partial charge in [-0.25, -0.2) is 0 Å². The van der Waals surface area contributed by atoms with Crippen LogP contribution in [-0.2, 0) is 4.79 Å². The van der Waals surface area contributed by atoms with Gasteiger partial charge in [0.15, 0.2) is 5.69 Å². The molecule has 92 valence electrons. The number of hydroxylamine groups is 3. The molecule has 1 aliphatic heterocycles. The monoisotopic (exact) mass is 237 g/mol. The summed E-state index contributed by atoms with van der Waals surface area (Å²) >= 11 is 0. The molecule has 17 heavy (non-hydrogen) atoms. The lowest BCUT2D eigenvalue weighted by Gasteiger charge is -2.37. The first kappa shape index (κ1) is 12.0. The Morgan fingerprint density at radius 3 is 2.76 bits per heavy atom. The first-order chi connectivity index (χ1) is 7.85. The van der Waals surface area contributed by atoms with Crippen LogP contribution >= 0.6 is 0 Å². The molecule has 0 saturated heterocycles. The van der Waals surface area contributed by atoms with Crippen molar-refractivity contribution in [3.63, 3.8) is 0 Å². The van der Waals surface area contributed by atoms with Gasteiger partial charge >= 0.3 is 0 Å². The number of carbonyl (C=O) groups is 1. The predicted octanol–water partition coefficient (Wildman–Crippen LogP) is 0.454. The lowest BCUT2D eigenvalue weighted by atomic mass is 10.2. The van der Waals surface area contributed by atoms with E-state index < -0.39 is 10.8 Å². The molecule has 0 saturated carbocycles. The molecular formula is C11H15N3O3. The summed E-state index contributed by atoms with van der Waals surface area (Å²) < 4.78 is -0.773. The number of para-hydroxylation sites is 1. The van der Waals surface area contributed by atoms with Crippen molar-refractivity contribution < 1.29 is 9.86 Å². The third-order valence-corrected chi connectivity index (χ3v) is 3.17. The van der Waals surface area contributed by atoms with Crippen molar-refractivity contribution in [2.24, 2.45) is 0 Å². The van der Waals surface area contributed by atoms with Crippen LogP contribution in [-0.4, -0.2) is 19.1 Å². The fourth-order valence-corrected chi connectivity index (χ4v) is 2.15. The highest BCUT2D eigenvalue weighted by atomic mass is 16.6. The summed E-state index contributed by atoms with van der Waals surface area (Å²) in [5.74, 6) is -0.259. The van der Waals surface area contributed by atoms with Crippen molar-refractivity contribution >= 4 is 23.0 Å². The number of carbonyl (C=O) groups excluding carboxylic acids is 1.